The Balaban J connectivity index is 2.67. The van der Waals surface area contributed by atoms with Crippen LogP contribution in [0, 0.1) is 5.82 Å². The average Bonchev–Trinajstić information content (AvgIpc) is 2.77. The van der Waals surface area contributed by atoms with E-state index in [0.29, 0.717) is 12.1 Å². The van der Waals surface area contributed by atoms with Crippen molar-refractivity contribution >= 4 is 0 Å². The molecule has 4 heteroatoms. The number of aliphatic hydroxyl groups is 1. The molecule has 1 heterocycles. The molecule has 0 atom stereocenters. The quantitative estimate of drug-likeness (QED) is 0.321. The summed E-state index contributed by atoms with van der Waals surface area (Å²) < 4.78 is 14.6. The molecular weight excluding hydrogens is 399 g/mol. The number of benzene rings is 1. The summed E-state index contributed by atoms with van der Waals surface area (Å²) in [6, 6.07) is 5.42. The second-order valence-corrected chi connectivity index (χ2v) is 9.48. The summed E-state index contributed by atoms with van der Waals surface area (Å²) in [6.07, 6.45) is 6.52. The summed E-state index contributed by atoms with van der Waals surface area (Å²) in [5.74, 6) is 0.304. The largest absolute Gasteiger partial charge is 0.392 e. The molecule has 0 radical (unpaired) electrons. The first-order valence-electron chi connectivity index (χ1n) is 12.5. The minimum atomic E-state index is -0.182. The number of hydrogen-bond donors (Lipinski definition) is 2. The number of rotatable bonds is 13. The van der Waals surface area contributed by atoms with Crippen molar-refractivity contribution in [2.75, 3.05) is 6.54 Å². The van der Waals surface area contributed by atoms with E-state index in [-0.39, 0.29) is 24.3 Å². The van der Waals surface area contributed by atoms with E-state index in [2.05, 4.69) is 46.9 Å². The van der Waals surface area contributed by atoms with Crippen molar-refractivity contribution in [2.24, 2.45) is 0 Å². The van der Waals surface area contributed by atoms with Crippen molar-refractivity contribution in [3.05, 3.63) is 52.1 Å². The van der Waals surface area contributed by atoms with Crippen LogP contribution in [0.25, 0.3) is 11.1 Å². The number of pyridine rings is 1. The molecular formula is C28H43FN2O. The third kappa shape index (κ3) is 6.62. The van der Waals surface area contributed by atoms with Crippen LogP contribution < -0.4 is 5.32 Å². The fourth-order valence-electron chi connectivity index (χ4n) is 4.36. The van der Waals surface area contributed by atoms with E-state index < -0.39 is 0 Å². The lowest BCUT2D eigenvalue weighted by atomic mass is 9.85. The second kappa shape index (κ2) is 13.1. The van der Waals surface area contributed by atoms with E-state index in [4.69, 9.17) is 4.98 Å². The van der Waals surface area contributed by atoms with Gasteiger partial charge in [-0.2, -0.15) is 0 Å². The molecule has 2 N–H and O–H groups in total. The van der Waals surface area contributed by atoms with Crippen molar-refractivity contribution in [1.29, 1.82) is 0 Å². The summed E-state index contributed by atoms with van der Waals surface area (Å²) >= 11 is 0. The molecule has 0 saturated carbocycles. The van der Waals surface area contributed by atoms with Crippen LogP contribution in [0.5, 0.6) is 0 Å². The van der Waals surface area contributed by atoms with Crippen LogP contribution in [-0.2, 0) is 19.6 Å². The average molecular weight is 443 g/mol. The molecule has 0 saturated heterocycles. The molecule has 1 aromatic carbocycles. The lowest BCUT2D eigenvalue weighted by molar-refractivity contribution is 0.279. The summed E-state index contributed by atoms with van der Waals surface area (Å²) in [4.78, 5) is 5.07. The fraction of sp³-hybridized carbons (Fsp3) is 0.607. The molecule has 0 aliphatic carbocycles. The second-order valence-electron chi connectivity index (χ2n) is 9.48. The van der Waals surface area contributed by atoms with Crippen LogP contribution in [0.2, 0.25) is 0 Å². The Bertz CT molecular complexity index is 861. The Morgan fingerprint density at radius 3 is 2.19 bits per heavy atom. The van der Waals surface area contributed by atoms with Crippen LogP contribution >= 0.6 is 0 Å². The van der Waals surface area contributed by atoms with Crippen molar-refractivity contribution in [3.63, 3.8) is 0 Å². The highest BCUT2D eigenvalue weighted by molar-refractivity contribution is 5.74. The topological polar surface area (TPSA) is 45.2 Å². The van der Waals surface area contributed by atoms with Crippen LogP contribution in [-0.4, -0.2) is 16.6 Å². The standard InChI is InChI=1S/C28H43FN2O/c1-7-9-11-12-23-26(24(18-32)28(20(5)6)31-27(23)19(3)4)21-13-14-25(29)22(16-21)17-30-15-10-8-2/h13-14,16,19-20,30,32H,7-12,15,17-18H2,1-6H3. The molecule has 0 bridgehead atoms. The normalized spacial score (nSPS) is 11.7. The van der Waals surface area contributed by atoms with E-state index >= 15 is 0 Å². The van der Waals surface area contributed by atoms with Gasteiger partial charge in [-0.15, -0.1) is 0 Å². The Morgan fingerprint density at radius 1 is 0.938 bits per heavy atom. The van der Waals surface area contributed by atoms with Gasteiger partial charge in [0.2, 0.25) is 0 Å². The zero-order valence-corrected chi connectivity index (χ0v) is 21.0. The smallest absolute Gasteiger partial charge is 0.127 e. The Morgan fingerprint density at radius 2 is 1.59 bits per heavy atom. The van der Waals surface area contributed by atoms with Gasteiger partial charge in [-0.05, 0) is 66.5 Å². The predicted octanol–water partition coefficient (Wildman–Crippen LogP) is 7.25. The molecule has 2 aromatic rings. The maximum absolute atomic E-state index is 14.6. The summed E-state index contributed by atoms with van der Waals surface area (Å²) in [7, 11) is 0. The van der Waals surface area contributed by atoms with E-state index in [0.717, 1.165) is 73.1 Å². The van der Waals surface area contributed by atoms with E-state index in [1.54, 1.807) is 6.07 Å². The zero-order chi connectivity index (χ0) is 23.7. The molecule has 0 fully saturated rings. The molecule has 32 heavy (non-hydrogen) atoms. The third-order valence-corrected chi connectivity index (χ3v) is 6.10. The van der Waals surface area contributed by atoms with E-state index in [9.17, 15) is 9.50 Å². The third-order valence-electron chi connectivity index (χ3n) is 6.10. The van der Waals surface area contributed by atoms with Gasteiger partial charge in [-0.3, -0.25) is 4.98 Å². The molecule has 0 aliphatic rings. The fourth-order valence-corrected chi connectivity index (χ4v) is 4.36. The summed E-state index contributed by atoms with van der Waals surface area (Å²) in [6.45, 7) is 14.3. The minimum absolute atomic E-state index is 0.0591. The summed E-state index contributed by atoms with van der Waals surface area (Å²) in [5, 5.41) is 13.8. The maximum Gasteiger partial charge on any atom is 0.127 e. The van der Waals surface area contributed by atoms with Gasteiger partial charge < -0.3 is 10.4 Å². The van der Waals surface area contributed by atoms with E-state index in [1.807, 2.05) is 12.1 Å². The van der Waals surface area contributed by atoms with Crippen molar-refractivity contribution < 1.29 is 9.50 Å². The van der Waals surface area contributed by atoms with Gasteiger partial charge >= 0.3 is 0 Å². The van der Waals surface area contributed by atoms with Gasteiger partial charge in [-0.25, -0.2) is 4.39 Å². The molecule has 0 spiro atoms. The molecule has 0 unspecified atom stereocenters. The molecule has 3 nitrogen and oxygen atoms in total. The number of halogens is 1. The predicted molar refractivity (Wildman–Crippen MR) is 134 cm³/mol. The van der Waals surface area contributed by atoms with Gasteiger partial charge in [0.1, 0.15) is 5.82 Å². The Labute approximate surface area is 194 Å². The first kappa shape index (κ1) is 26.5. The van der Waals surface area contributed by atoms with Crippen molar-refractivity contribution in [3.8, 4) is 11.1 Å². The van der Waals surface area contributed by atoms with Crippen LogP contribution in [0.3, 0.4) is 0 Å². The molecule has 0 amide bonds. The Hall–Kier alpha value is -1.78. The monoisotopic (exact) mass is 442 g/mol. The lowest BCUT2D eigenvalue weighted by Gasteiger charge is -2.24. The molecule has 2 rings (SSSR count). The van der Waals surface area contributed by atoms with Gasteiger partial charge in [0, 0.05) is 29.1 Å². The van der Waals surface area contributed by atoms with Gasteiger partial charge in [0.05, 0.1) is 6.61 Å². The van der Waals surface area contributed by atoms with E-state index in [1.165, 1.54) is 5.56 Å². The van der Waals surface area contributed by atoms with Crippen LogP contribution in [0.15, 0.2) is 18.2 Å². The highest BCUT2D eigenvalue weighted by Crippen LogP contribution is 2.38. The molecule has 0 aliphatic heterocycles. The number of aliphatic hydroxyl groups excluding tert-OH is 1. The van der Waals surface area contributed by atoms with Gasteiger partial charge in [-0.1, -0.05) is 66.9 Å². The summed E-state index contributed by atoms with van der Waals surface area (Å²) in [5.41, 5.74) is 6.92. The lowest BCUT2D eigenvalue weighted by Crippen LogP contribution is -2.16. The zero-order valence-electron chi connectivity index (χ0n) is 21.0. The molecule has 1 aromatic heterocycles. The highest BCUT2D eigenvalue weighted by Gasteiger charge is 2.23. The Kier molecular flexibility index (Phi) is 10.8. The van der Waals surface area contributed by atoms with Crippen molar-refractivity contribution in [2.45, 2.75) is 105 Å². The SMILES string of the molecule is CCCCCc1c(C(C)C)nc(C(C)C)c(CO)c1-c1ccc(F)c(CNCCCC)c1. The highest BCUT2D eigenvalue weighted by atomic mass is 19.1. The molecule has 178 valence electrons. The van der Waals surface area contributed by atoms with Crippen molar-refractivity contribution in [1.82, 2.24) is 10.3 Å². The number of nitrogens with zero attached hydrogens (tertiary/aromatic N) is 1. The van der Waals surface area contributed by atoms with Crippen LogP contribution in [0.1, 0.15) is 114 Å². The number of hydrogen-bond acceptors (Lipinski definition) is 3. The number of aromatic nitrogens is 1. The first-order valence-corrected chi connectivity index (χ1v) is 12.5. The first-order chi connectivity index (χ1) is 15.3. The van der Waals surface area contributed by atoms with Gasteiger partial charge in [0.15, 0.2) is 0 Å². The minimum Gasteiger partial charge on any atom is -0.392 e. The maximum atomic E-state index is 14.6. The number of unbranched alkanes of at least 4 members (excludes halogenated alkanes) is 3. The van der Waals surface area contributed by atoms with Gasteiger partial charge in [0.25, 0.3) is 0 Å². The van der Waals surface area contributed by atoms with Crippen LogP contribution in [0.4, 0.5) is 4.39 Å². The number of nitrogens with one attached hydrogen (secondary N) is 1.